The molecule has 0 saturated carbocycles. The maximum atomic E-state index is 9.43. The van der Waals surface area contributed by atoms with E-state index in [0.717, 1.165) is 0 Å². The Kier molecular flexibility index (Phi) is 3.23. The van der Waals surface area contributed by atoms with E-state index < -0.39 is 30.7 Å². The molecule has 0 aliphatic carbocycles. The highest BCUT2D eigenvalue weighted by molar-refractivity contribution is 4.89. The molecule has 1 aliphatic rings. The zero-order valence-electron chi connectivity index (χ0n) is 7.00. The molecule has 6 nitrogen and oxygen atoms in total. The highest BCUT2D eigenvalue weighted by Gasteiger charge is 2.47. The molecule has 13 heavy (non-hydrogen) atoms. The predicted molar refractivity (Wildman–Crippen MR) is 40.6 cm³/mol. The Bertz CT molecular complexity index is 174. The van der Waals surface area contributed by atoms with Gasteiger partial charge in [0.15, 0.2) is 0 Å². The van der Waals surface area contributed by atoms with Gasteiger partial charge in [-0.1, -0.05) is 0 Å². The average Bonchev–Trinajstić information content (AvgIpc) is 2.13. The van der Waals surface area contributed by atoms with E-state index in [-0.39, 0.29) is 13.0 Å². The van der Waals surface area contributed by atoms with Crippen LogP contribution >= 0.6 is 0 Å². The molecule has 0 bridgehead atoms. The van der Waals surface area contributed by atoms with Gasteiger partial charge in [0.1, 0.15) is 6.10 Å². The maximum Gasteiger partial charge on any atom is 0.218 e. The van der Waals surface area contributed by atoms with E-state index >= 15 is 0 Å². The van der Waals surface area contributed by atoms with Crippen molar-refractivity contribution in [3.05, 3.63) is 0 Å². The second kappa shape index (κ2) is 3.87. The van der Waals surface area contributed by atoms with Gasteiger partial charge in [0, 0.05) is 6.42 Å². The Balaban J connectivity index is 2.71. The minimum absolute atomic E-state index is 0.0278. The van der Waals surface area contributed by atoms with Crippen LogP contribution in [-0.4, -0.2) is 62.8 Å². The molecule has 5 N–H and O–H groups in total. The number of aliphatic hydroxyl groups excluding tert-OH is 4. The van der Waals surface area contributed by atoms with Gasteiger partial charge in [0.2, 0.25) is 5.79 Å². The van der Waals surface area contributed by atoms with Crippen LogP contribution in [0.1, 0.15) is 6.42 Å². The van der Waals surface area contributed by atoms with Crippen LogP contribution in [0.3, 0.4) is 0 Å². The van der Waals surface area contributed by atoms with Crippen molar-refractivity contribution in [1.29, 1.82) is 0 Å². The third kappa shape index (κ3) is 1.98. The number of aliphatic hydroxyl groups is 5. The topological polar surface area (TPSA) is 110 Å². The van der Waals surface area contributed by atoms with Crippen molar-refractivity contribution >= 4 is 0 Å². The van der Waals surface area contributed by atoms with E-state index in [2.05, 4.69) is 0 Å². The average molecular weight is 194 g/mol. The highest BCUT2D eigenvalue weighted by Crippen LogP contribution is 2.26. The minimum Gasteiger partial charge on any atom is -0.394 e. The molecular weight excluding hydrogens is 180 g/mol. The van der Waals surface area contributed by atoms with E-state index in [0.29, 0.717) is 0 Å². The third-order valence-electron chi connectivity index (χ3n) is 2.13. The zero-order chi connectivity index (χ0) is 10.1. The summed E-state index contributed by atoms with van der Waals surface area (Å²) in [4.78, 5) is 0. The first-order valence-corrected chi connectivity index (χ1v) is 4.01. The normalized spacial score (nSPS) is 46.4. The summed E-state index contributed by atoms with van der Waals surface area (Å²) in [5, 5.41) is 45.3. The minimum atomic E-state index is -2.18. The zero-order valence-corrected chi connectivity index (χ0v) is 7.00. The molecule has 1 heterocycles. The molecule has 1 saturated heterocycles. The van der Waals surface area contributed by atoms with Gasteiger partial charge in [-0.3, -0.25) is 0 Å². The Morgan fingerprint density at radius 1 is 1.31 bits per heavy atom. The lowest BCUT2D eigenvalue weighted by Gasteiger charge is -2.41. The van der Waals surface area contributed by atoms with Crippen molar-refractivity contribution in [2.75, 3.05) is 13.2 Å². The quantitative estimate of drug-likeness (QED) is 0.324. The van der Waals surface area contributed by atoms with E-state index in [4.69, 9.17) is 14.9 Å². The van der Waals surface area contributed by atoms with Crippen LogP contribution in [0.15, 0.2) is 0 Å². The van der Waals surface area contributed by atoms with Crippen LogP contribution in [0.2, 0.25) is 0 Å². The fraction of sp³-hybridized carbons (Fsp3) is 1.00. The lowest BCUT2D eigenvalue weighted by molar-refractivity contribution is -0.335. The maximum absolute atomic E-state index is 9.43. The second-order valence-corrected chi connectivity index (χ2v) is 3.17. The van der Waals surface area contributed by atoms with E-state index in [9.17, 15) is 15.3 Å². The molecule has 0 spiro atoms. The standard InChI is InChI=1S/C7H14O6/c8-2-4-1-5(10)6(11)7(12,3-9)13-4/h4-6,8-12H,1-3H2/t4-,5-,6+,7-/m1/s1. The monoisotopic (exact) mass is 194 g/mol. The van der Waals surface area contributed by atoms with Crippen molar-refractivity contribution < 1.29 is 30.3 Å². The first-order valence-electron chi connectivity index (χ1n) is 4.01. The third-order valence-corrected chi connectivity index (χ3v) is 2.13. The van der Waals surface area contributed by atoms with Crippen LogP contribution in [0.25, 0.3) is 0 Å². The van der Waals surface area contributed by atoms with Gasteiger partial charge < -0.3 is 30.3 Å². The molecule has 1 aliphatic heterocycles. The number of hydrogen-bond acceptors (Lipinski definition) is 6. The molecule has 0 aromatic carbocycles. The van der Waals surface area contributed by atoms with Crippen molar-refractivity contribution in [3.8, 4) is 0 Å². The summed E-state index contributed by atoms with van der Waals surface area (Å²) in [5.74, 6) is -2.18. The number of hydrogen-bond donors (Lipinski definition) is 5. The molecular formula is C7H14O6. The Morgan fingerprint density at radius 3 is 2.38 bits per heavy atom. The summed E-state index contributed by atoms with van der Waals surface area (Å²) in [6.07, 6.45) is -3.50. The van der Waals surface area contributed by atoms with E-state index in [1.807, 2.05) is 0 Å². The molecule has 4 atom stereocenters. The largest absolute Gasteiger partial charge is 0.394 e. The number of ether oxygens (including phenoxy) is 1. The smallest absolute Gasteiger partial charge is 0.218 e. The van der Waals surface area contributed by atoms with Gasteiger partial charge in [-0.05, 0) is 0 Å². The molecule has 0 unspecified atom stereocenters. The summed E-state index contributed by atoms with van der Waals surface area (Å²) in [6.45, 7) is -1.21. The van der Waals surface area contributed by atoms with Gasteiger partial charge in [-0.2, -0.15) is 0 Å². The molecule has 78 valence electrons. The summed E-state index contributed by atoms with van der Waals surface area (Å²) < 4.78 is 4.80. The van der Waals surface area contributed by atoms with Crippen LogP contribution in [0.4, 0.5) is 0 Å². The van der Waals surface area contributed by atoms with Crippen molar-refractivity contribution in [2.45, 2.75) is 30.5 Å². The summed E-state index contributed by atoms with van der Waals surface area (Å²) >= 11 is 0. The lowest BCUT2D eigenvalue weighted by Crippen LogP contribution is -2.60. The molecule has 0 aromatic heterocycles. The van der Waals surface area contributed by atoms with Crippen LogP contribution in [0.5, 0.6) is 0 Å². The Morgan fingerprint density at radius 2 is 1.92 bits per heavy atom. The van der Waals surface area contributed by atoms with Gasteiger partial charge >= 0.3 is 0 Å². The summed E-state index contributed by atoms with van der Waals surface area (Å²) in [5.41, 5.74) is 0. The van der Waals surface area contributed by atoms with Crippen molar-refractivity contribution in [2.24, 2.45) is 0 Å². The SMILES string of the molecule is OC[C@H]1C[C@@H](O)[C@H](O)[C@@](O)(CO)O1. The fourth-order valence-electron chi connectivity index (χ4n) is 1.35. The van der Waals surface area contributed by atoms with Gasteiger partial charge in [0.05, 0.1) is 25.4 Å². The molecule has 0 aromatic rings. The molecule has 0 amide bonds. The molecule has 0 radical (unpaired) electrons. The van der Waals surface area contributed by atoms with Gasteiger partial charge in [-0.25, -0.2) is 0 Å². The Labute approximate surface area is 75.0 Å². The summed E-state index contributed by atoms with van der Waals surface area (Å²) in [7, 11) is 0. The highest BCUT2D eigenvalue weighted by atomic mass is 16.7. The van der Waals surface area contributed by atoms with E-state index in [1.54, 1.807) is 0 Å². The fourth-order valence-corrected chi connectivity index (χ4v) is 1.35. The van der Waals surface area contributed by atoms with Crippen molar-refractivity contribution in [3.63, 3.8) is 0 Å². The number of rotatable bonds is 2. The summed E-state index contributed by atoms with van der Waals surface area (Å²) in [6, 6.07) is 0. The molecule has 1 rings (SSSR count). The van der Waals surface area contributed by atoms with Crippen LogP contribution in [0, 0.1) is 0 Å². The van der Waals surface area contributed by atoms with E-state index in [1.165, 1.54) is 0 Å². The van der Waals surface area contributed by atoms with Crippen molar-refractivity contribution in [1.82, 2.24) is 0 Å². The van der Waals surface area contributed by atoms with Crippen LogP contribution in [-0.2, 0) is 4.74 Å². The van der Waals surface area contributed by atoms with Crippen LogP contribution < -0.4 is 0 Å². The second-order valence-electron chi connectivity index (χ2n) is 3.17. The predicted octanol–water partition coefficient (Wildman–Crippen LogP) is -2.83. The lowest BCUT2D eigenvalue weighted by atomic mass is 9.96. The molecule has 6 heteroatoms. The first-order chi connectivity index (χ1) is 6.03. The van der Waals surface area contributed by atoms with Gasteiger partial charge in [-0.15, -0.1) is 0 Å². The molecule has 1 fully saturated rings. The van der Waals surface area contributed by atoms with Gasteiger partial charge in [0.25, 0.3) is 0 Å². The Hall–Kier alpha value is -0.240. The first kappa shape index (κ1) is 10.8.